The number of ether oxygens (including phenoxy) is 1. The standard InChI is InChI=1S/C31H36ClFN6O2/c1-21-16-39(15-14-37(21)17-23(33)19-40)30-25-11-13-38(28-10-4-7-22-6-3-9-26(32)29(22)28)18-27(25)34-31(35-30)41-20-24-8-5-12-36(24)2/h3-4,6-7,9-10,17,19,21,24H,5,8,11-16,18,20H2,1-2H3. The van der Waals surface area contributed by atoms with Gasteiger partial charge in [-0.1, -0.05) is 35.9 Å². The summed E-state index contributed by atoms with van der Waals surface area (Å²) < 4.78 is 20.0. The summed E-state index contributed by atoms with van der Waals surface area (Å²) in [7, 11) is 2.14. The predicted molar refractivity (Wildman–Crippen MR) is 161 cm³/mol. The summed E-state index contributed by atoms with van der Waals surface area (Å²) >= 11 is 6.68. The number of carbonyl (C=O) groups is 1. The van der Waals surface area contributed by atoms with Gasteiger partial charge in [-0.05, 0) is 57.3 Å². The Bertz CT molecular complexity index is 1460. The molecular weight excluding hydrogens is 543 g/mol. The van der Waals surface area contributed by atoms with Crippen molar-refractivity contribution in [2.45, 2.75) is 44.8 Å². The molecule has 0 spiro atoms. The molecule has 3 aliphatic heterocycles. The minimum absolute atomic E-state index is 0.00878. The van der Waals surface area contributed by atoms with Crippen LogP contribution in [0.25, 0.3) is 10.8 Å². The zero-order valence-corrected chi connectivity index (χ0v) is 24.4. The number of aromatic nitrogens is 2. The van der Waals surface area contributed by atoms with Crippen LogP contribution in [0.1, 0.15) is 31.0 Å². The molecule has 0 radical (unpaired) electrons. The Morgan fingerprint density at radius 1 is 1.12 bits per heavy atom. The lowest BCUT2D eigenvalue weighted by atomic mass is 10.0. The number of hydrogen-bond acceptors (Lipinski definition) is 8. The third-order valence-corrected chi connectivity index (χ3v) is 8.97. The Labute approximate surface area is 245 Å². The lowest BCUT2D eigenvalue weighted by Gasteiger charge is -2.41. The van der Waals surface area contributed by atoms with Crippen LogP contribution < -0.4 is 14.5 Å². The van der Waals surface area contributed by atoms with Gasteiger partial charge in [0.25, 0.3) is 0 Å². The highest BCUT2D eigenvalue weighted by molar-refractivity contribution is 6.36. The van der Waals surface area contributed by atoms with Crippen LogP contribution in [-0.4, -0.2) is 84.5 Å². The Hall–Kier alpha value is -3.43. The molecule has 2 unspecified atom stereocenters. The van der Waals surface area contributed by atoms with E-state index in [2.05, 4.69) is 46.0 Å². The summed E-state index contributed by atoms with van der Waals surface area (Å²) in [6.07, 6.45) is 4.62. The van der Waals surface area contributed by atoms with Crippen molar-refractivity contribution < 1.29 is 13.9 Å². The van der Waals surface area contributed by atoms with E-state index < -0.39 is 5.83 Å². The molecule has 3 aliphatic rings. The van der Waals surface area contributed by atoms with E-state index in [0.717, 1.165) is 64.5 Å². The second-order valence-electron chi connectivity index (χ2n) is 11.3. The third-order valence-electron chi connectivity index (χ3n) is 8.65. The van der Waals surface area contributed by atoms with Gasteiger partial charge in [0.1, 0.15) is 12.4 Å². The summed E-state index contributed by atoms with van der Waals surface area (Å²) in [5.41, 5.74) is 3.19. The Kier molecular flexibility index (Phi) is 7.99. The highest BCUT2D eigenvalue weighted by atomic mass is 35.5. The number of benzene rings is 2. The van der Waals surface area contributed by atoms with Gasteiger partial charge in [-0.15, -0.1) is 0 Å². The summed E-state index contributed by atoms with van der Waals surface area (Å²) in [4.78, 5) is 29.6. The van der Waals surface area contributed by atoms with Crippen molar-refractivity contribution in [1.29, 1.82) is 0 Å². The van der Waals surface area contributed by atoms with Gasteiger partial charge in [-0.2, -0.15) is 9.97 Å². The lowest BCUT2D eigenvalue weighted by molar-refractivity contribution is -0.106. The molecule has 0 saturated carbocycles. The first-order valence-electron chi connectivity index (χ1n) is 14.4. The van der Waals surface area contributed by atoms with E-state index in [9.17, 15) is 9.18 Å². The number of fused-ring (bicyclic) bond motifs is 2. The fraction of sp³-hybridized carbons (Fsp3) is 0.452. The first-order chi connectivity index (χ1) is 19.9. The molecule has 4 heterocycles. The number of halogens is 2. The molecule has 1 aromatic heterocycles. The van der Waals surface area contributed by atoms with Gasteiger partial charge in [-0.3, -0.25) is 4.79 Å². The van der Waals surface area contributed by atoms with E-state index >= 15 is 0 Å². The maximum atomic E-state index is 13.7. The number of likely N-dealkylation sites (tertiary alicyclic amines) is 1. The van der Waals surface area contributed by atoms with Crippen molar-refractivity contribution in [3.05, 3.63) is 64.7 Å². The highest BCUT2D eigenvalue weighted by Crippen LogP contribution is 2.37. The van der Waals surface area contributed by atoms with Gasteiger partial charge in [0.15, 0.2) is 12.1 Å². The molecule has 3 aromatic rings. The minimum atomic E-state index is -0.758. The first-order valence-corrected chi connectivity index (χ1v) is 14.8. The van der Waals surface area contributed by atoms with Crippen LogP contribution in [0, 0.1) is 0 Å². The molecule has 0 amide bonds. The summed E-state index contributed by atoms with van der Waals surface area (Å²) in [5, 5.41) is 2.90. The first kappa shape index (κ1) is 27.7. The fourth-order valence-electron chi connectivity index (χ4n) is 6.37. The van der Waals surface area contributed by atoms with Crippen LogP contribution >= 0.6 is 11.6 Å². The highest BCUT2D eigenvalue weighted by Gasteiger charge is 2.31. The number of carbonyl (C=O) groups excluding carboxylic acids is 1. The number of likely N-dealkylation sites (N-methyl/N-ethyl adjacent to an activating group) is 1. The second kappa shape index (κ2) is 11.8. The molecule has 2 saturated heterocycles. The molecule has 8 nitrogen and oxygen atoms in total. The van der Waals surface area contributed by atoms with Crippen molar-refractivity contribution in [1.82, 2.24) is 19.8 Å². The summed E-state index contributed by atoms with van der Waals surface area (Å²) in [6, 6.07) is 13.1. The van der Waals surface area contributed by atoms with Gasteiger partial charge >= 0.3 is 6.01 Å². The molecular formula is C31H36ClFN6O2. The average Bonchev–Trinajstić information content (AvgIpc) is 3.40. The SMILES string of the molecule is CC1CN(c2nc(OCC3CCCN3C)nc3c2CCN(c2cccc4cccc(Cl)c24)C3)CCN1C=C(F)C=O. The minimum Gasteiger partial charge on any atom is -0.462 e. The lowest BCUT2D eigenvalue weighted by Crippen LogP contribution is -2.50. The van der Waals surface area contributed by atoms with Crippen LogP contribution in [0.5, 0.6) is 6.01 Å². The van der Waals surface area contributed by atoms with Crippen molar-refractivity contribution in [2.24, 2.45) is 0 Å². The number of anilines is 2. The van der Waals surface area contributed by atoms with Gasteiger partial charge in [0.05, 0.1) is 17.3 Å². The Morgan fingerprint density at radius 2 is 1.95 bits per heavy atom. The van der Waals surface area contributed by atoms with Gasteiger partial charge < -0.3 is 24.3 Å². The average molecular weight is 579 g/mol. The van der Waals surface area contributed by atoms with Gasteiger partial charge in [0, 0.05) is 61.1 Å². The van der Waals surface area contributed by atoms with E-state index in [0.29, 0.717) is 44.8 Å². The van der Waals surface area contributed by atoms with E-state index in [4.69, 9.17) is 26.3 Å². The molecule has 2 fully saturated rings. The molecule has 0 bridgehead atoms. The summed E-state index contributed by atoms with van der Waals surface area (Å²) in [5.74, 6) is 0.137. The zero-order valence-electron chi connectivity index (χ0n) is 23.6. The monoisotopic (exact) mass is 578 g/mol. The maximum absolute atomic E-state index is 13.7. The van der Waals surface area contributed by atoms with Crippen LogP contribution in [-0.2, 0) is 17.8 Å². The normalized spacial score (nSPS) is 21.9. The largest absolute Gasteiger partial charge is 0.462 e. The number of hydrogen-bond donors (Lipinski definition) is 0. The number of rotatable bonds is 7. The quantitative estimate of drug-likeness (QED) is 0.292. The zero-order chi connectivity index (χ0) is 28.5. The van der Waals surface area contributed by atoms with E-state index in [1.165, 1.54) is 12.6 Å². The number of nitrogens with zero attached hydrogens (tertiary/aromatic N) is 6. The van der Waals surface area contributed by atoms with E-state index in [1.54, 1.807) is 0 Å². The molecule has 2 aromatic carbocycles. The van der Waals surface area contributed by atoms with Crippen LogP contribution in [0.2, 0.25) is 5.02 Å². The Morgan fingerprint density at radius 3 is 2.71 bits per heavy atom. The van der Waals surface area contributed by atoms with Gasteiger partial charge in [0.2, 0.25) is 0 Å². The topological polar surface area (TPSA) is 65.0 Å². The van der Waals surface area contributed by atoms with E-state index in [-0.39, 0.29) is 12.3 Å². The maximum Gasteiger partial charge on any atom is 0.318 e. The third kappa shape index (κ3) is 5.70. The fourth-order valence-corrected chi connectivity index (χ4v) is 6.64. The molecule has 41 heavy (non-hydrogen) atoms. The summed E-state index contributed by atoms with van der Waals surface area (Å²) in [6.45, 7) is 6.99. The predicted octanol–water partition coefficient (Wildman–Crippen LogP) is 4.84. The smallest absolute Gasteiger partial charge is 0.318 e. The van der Waals surface area contributed by atoms with Crippen LogP contribution in [0.15, 0.2) is 48.4 Å². The molecule has 10 heteroatoms. The van der Waals surface area contributed by atoms with Crippen LogP contribution in [0.4, 0.5) is 15.9 Å². The number of piperazine rings is 1. The molecule has 2 atom stereocenters. The number of allylic oxidation sites excluding steroid dienone is 1. The molecule has 6 rings (SSSR count). The van der Waals surface area contributed by atoms with Crippen molar-refractivity contribution in [3.63, 3.8) is 0 Å². The molecule has 0 N–H and O–H groups in total. The number of aldehydes is 1. The Balaban J connectivity index is 1.32. The van der Waals surface area contributed by atoms with Crippen molar-refractivity contribution in [2.75, 3.05) is 56.2 Å². The van der Waals surface area contributed by atoms with E-state index in [1.807, 2.05) is 24.0 Å². The molecule has 0 aliphatic carbocycles. The van der Waals surface area contributed by atoms with Gasteiger partial charge in [-0.25, -0.2) is 4.39 Å². The second-order valence-corrected chi connectivity index (χ2v) is 11.7. The van der Waals surface area contributed by atoms with Crippen molar-refractivity contribution in [3.8, 4) is 6.01 Å². The van der Waals surface area contributed by atoms with Crippen LogP contribution in [0.3, 0.4) is 0 Å². The molecule has 216 valence electrons. The van der Waals surface area contributed by atoms with Crippen molar-refractivity contribution >= 4 is 40.2 Å².